The molecule has 0 spiro atoms. The fourth-order valence-corrected chi connectivity index (χ4v) is 1.40. The van der Waals surface area contributed by atoms with Crippen LogP contribution in [0.1, 0.15) is 19.8 Å². The Morgan fingerprint density at radius 3 is 2.33 bits per heavy atom. The van der Waals surface area contributed by atoms with Gasteiger partial charge in [0.25, 0.3) is 0 Å². The number of amides is 1. The molecule has 86 valence electrons. The Kier molecular flexibility index (Phi) is 4.08. The molecule has 1 rings (SSSR count). The van der Waals surface area contributed by atoms with Crippen LogP contribution in [0.15, 0.2) is 0 Å². The summed E-state index contributed by atoms with van der Waals surface area (Å²) in [5.74, 6) is -0.875. The first-order valence-electron chi connectivity index (χ1n) is 5.24. The predicted molar refractivity (Wildman–Crippen MR) is 55.5 cm³/mol. The Balaban J connectivity index is 2.43. The van der Waals surface area contributed by atoms with Crippen LogP contribution < -0.4 is 0 Å². The van der Waals surface area contributed by atoms with Crippen molar-refractivity contribution in [3.8, 4) is 0 Å². The highest BCUT2D eigenvalue weighted by molar-refractivity contribution is 5.79. The second-order valence-electron chi connectivity index (χ2n) is 3.94. The molecule has 1 aliphatic carbocycles. The number of carboxylic acid groups (broad SMARTS) is 1. The summed E-state index contributed by atoms with van der Waals surface area (Å²) in [7, 11) is 1.73. The highest BCUT2D eigenvalue weighted by Gasteiger charge is 2.31. The maximum atomic E-state index is 11.6. The molecule has 0 aromatic heterocycles. The van der Waals surface area contributed by atoms with E-state index in [2.05, 4.69) is 0 Å². The fourth-order valence-electron chi connectivity index (χ4n) is 1.40. The van der Waals surface area contributed by atoms with Gasteiger partial charge in [-0.25, -0.2) is 0 Å². The molecule has 0 saturated heterocycles. The van der Waals surface area contributed by atoms with Crippen molar-refractivity contribution in [1.82, 2.24) is 9.80 Å². The SMILES string of the molecule is CCN(C)C(=O)CN(CC(=O)O)C1CC1. The quantitative estimate of drug-likeness (QED) is 0.677. The van der Waals surface area contributed by atoms with Crippen molar-refractivity contribution in [3.63, 3.8) is 0 Å². The molecule has 0 aromatic carbocycles. The van der Waals surface area contributed by atoms with E-state index in [0.717, 1.165) is 12.8 Å². The molecule has 0 unspecified atom stereocenters. The summed E-state index contributed by atoms with van der Waals surface area (Å²) < 4.78 is 0. The Bertz CT molecular complexity index is 251. The Morgan fingerprint density at radius 2 is 1.93 bits per heavy atom. The van der Waals surface area contributed by atoms with Crippen molar-refractivity contribution in [3.05, 3.63) is 0 Å². The summed E-state index contributed by atoms with van der Waals surface area (Å²) in [5.41, 5.74) is 0. The minimum Gasteiger partial charge on any atom is -0.480 e. The Morgan fingerprint density at radius 1 is 1.33 bits per heavy atom. The van der Waals surface area contributed by atoms with Gasteiger partial charge in [-0.3, -0.25) is 14.5 Å². The highest BCUT2D eigenvalue weighted by atomic mass is 16.4. The number of aliphatic carboxylic acids is 1. The van der Waals surface area contributed by atoms with E-state index < -0.39 is 5.97 Å². The van der Waals surface area contributed by atoms with Crippen LogP contribution in [-0.4, -0.2) is 59.5 Å². The van der Waals surface area contributed by atoms with Crippen LogP contribution in [0, 0.1) is 0 Å². The first-order chi connectivity index (χ1) is 7.04. The van der Waals surface area contributed by atoms with E-state index in [-0.39, 0.29) is 19.0 Å². The van der Waals surface area contributed by atoms with Gasteiger partial charge in [0.15, 0.2) is 0 Å². The minimum atomic E-state index is -0.867. The van der Waals surface area contributed by atoms with E-state index in [4.69, 9.17) is 5.11 Å². The van der Waals surface area contributed by atoms with Gasteiger partial charge in [0.05, 0.1) is 13.1 Å². The smallest absolute Gasteiger partial charge is 0.317 e. The molecule has 0 heterocycles. The summed E-state index contributed by atoms with van der Waals surface area (Å²) >= 11 is 0. The molecule has 15 heavy (non-hydrogen) atoms. The molecular weight excluding hydrogens is 196 g/mol. The highest BCUT2D eigenvalue weighted by Crippen LogP contribution is 2.26. The average molecular weight is 214 g/mol. The van der Waals surface area contributed by atoms with Gasteiger partial charge < -0.3 is 10.0 Å². The van der Waals surface area contributed by atoms with Crippen LogP contribution in [0.5, 0.6) is 0 Å². The Labute approximate surface area is 89.7 Å². The molecule has 5 heteroatoms. The maximum absolute atomic E-state index is 11.6. The van der Waals surface area contributed by atoms with Crippen LogP contribution >= 0.6 is 0 Å². The van der Waals surface area contributed by atoms with E-state index in [1.165, 1.54) is 0 Å². The van der Waals surface area contributed by atoms with Crippen molar-refractivity contribution in [2.24, 2.45) is 0 Å². The molecule has 0 radical (unpaired) electrons. The van der Waals surface area contributed by atoms with E-state index in [1.54, 1.807) is 16.8 Å². The maximum Gasteiger partial charge on any atom is 0.317 e. The van der Waals surface area contributed by atoms with Gasteiger partial charge in [-0.1, -0.05) is 0 Å². The summed E-state index contributed by atoms with van der Waals surface area (Å²) in [5, 5.41) is 8.70. The van der Waals surface area contributed by atoms with Crippen LogP contribution in [0.3, 0.4) is 0 Å². The van der Waals surface area contributed by atoms with E-state index in [1.807, 2.05) is 6.92 Å². The first kappa shape index (κ1) is 12.0. The monoisotopic (exact) mass is 214 g/mol. The largest absolute Gasteiger partial charge is 0.480 e. The number of carboxylic acids is 1. The summed E-state index contributed by atoms with van der Waals surface area (Å²) in [4.78, 5) is 25.5. The lowest BCUT2D eigenvalue weighted by Crippen LogP contribution is -2.41. The molecular formula is C10H18N2O3. The lowest BCUT2D eigenvalue weighted by molar-refractivity contribution is -0.139. The second kappa shape index (κ2) is 5.11. The van der Waals surface area contributed by atoms with Crippen LogP contribution in [0.25, 0.3) is 0 Å². The zero-order valence-electron chi connectivity index (χ0n) is 9.27. The number of rotatable bonds is 6. The molecule has 1 amide bonds. The van der Waals surface area contributed by atoms with Gasteiger partial charge in [0.1, 0.15) is 0 Å². The molecule has 5 nitrogen and oxygen atoms in total. The molecule has 1 N–H and O–H groups in total. The molecule has 0 aliphatic heterocycles. The average Bonchev–Trinajstić information content (AvgIpc) is 2.97. The third-order valence-electron chi connectivity index (χ3n) is 2.64. The number of carbonyl (C=O) groups is 2. The minimum absolute atomic E-state index is 0.00866. The van der Waals surface area contributed by atoms with Gasteiger partial charge >= 0.3 is 5.97 Å². The zero-order valence-corrected chi connectivity index (χ0v) is 9.27. The third kappa shape index (κ3) is 3.87. The fraction of sp³-hybridized carbons (Fsp3) is 0.800. The summed E-state index contributed by atoms with van der Waals surface area (Å²) in [6, 6.07) is 0.301. The van der Waals surface area contributed by atoms with Crippen LogP contribution in [-0.2, 0) is 9.59 Å². The number of likely N-dealkylation sites (N-methyl/N-ethyl adjacent to an activating group) is 1. The zero-order chi connectivity index (χ0) is 11.4. The van der Waals surface area contributed by atoms with E-state index in [9.17, 15) is 9.59 Å². The number of carbonyl (C=O) groups excluding carboxylic acids is 1. The first-order valence-corrected chi connectivity index (χ1v) is 5.24. The van der Waals surface area contributed by atoms with E-state index in [0.29, 0.717) is 12.6 Å². The lowest BCUT2D eigenvalue weighted by atomic mass is 10.4. The molecule has 1 saturated carbocycles. The molecule has 0 aromatic rings. The predicted octanol–water partition coefficient (Wildman–Crippen LogP) is 0.0137. The normalized spacial score (nSPS) is 15.4. The van der Waals surface area contributed by atoms with Gasteiger partial charge in [-0.05, 0) is 19.8 Å². The van der Waals surface area contributed by atoms with Crippen molar-refractivity contribution >= 4 is 11.9 Å². The topological polar surface area (TPSA) is 60.9 Å². The van der Waals surface area contributed by atoms with Crippen LogP contribution in [0.2, 0.25) is 0 Å². The molecule has 0 atom stereocenters. The summed E-state index contributed by atoms with van der Waals surface area (Å²) in [6.45, 7) is 2.75. The van der Waals surface area contributed by atoms with Crippen molar-refractivity contribution in [2.75, 3.05) is 26.7 Å². The lowest BCUT2D eigenvalue weighted by Gasteiger charge is -2.22. The van der Waals surface area contributed by atoms with Gasteiger partial charge in [-0.15, -0.1) is 0 Å². The second-order valence-corrected chi connectivity index (χ2v) is 3.94. The Hall–Kier alpha value is -1.10. The van der Waals surface area contributed by atoms with Gasteiger partial charge in [-0.2, -0.15) is 0 Å². The standard InChI is InChI=1S/C10H18N2O3/c1-3-11(2)9(13)6-12(7-10(14)15)8-4-5-8/h8H,3-7H2,1-2H3,(H,14,15). The summed E-state index contributed by atoms with van der Waals surface area (Å²) in [6.07, 6.45) is 2.02. The van der Waals surface area contributed by atoms with Crippen molar-refractivity contribution < 1.29 is 14.7 Å². The van der Waals surface area contributed by atoms with Gasteiger partial charge in [0, 0.05) is 19.6 Å². The van der Waals surface area contributed by atoms with Crippen molar-refractivity contribution in [2.45, 2.75) is 25.8 Å². The number of hydrogen-bond donors (Lipinski definition) is 1. The van der Waals surface area contributed by atoms with Gasteiger partial charge in [0.2, 0.25) is 5.91 Å². The number of hydrogen-bond acceptors (Lipinski definition) is 3. The van der Waals surface area contributed by atoms with E-state index >= 15 is 0 Å². The third-order valence-corrected chi connectivity index (χ3v) is 2.64. The molecule has 1 fully saturated rings. The molecule has 1 aliphatic rings. The van der Waals surface area contributed by atoms with Crippen molar-refractivity contribution in [1.29, 1.82) is 0 Å². The van der Waals surface area contributed by atoms with Crippen LogP contribution in [0.4, 0.5) is 0 Å². The molecule has 0 bridgehead atoms. The number of nitrogens with zero attached hydrogens (tertiary/aromatic N) is 2.